The van der Waals surface area contributed by atoms with Crippen molar-refractivity contribution in [3.63, 3.8) is 0 Å². The van der Waals surface area contributed by atoms with E-state index in [1.807, 2.05) is 32.0 Å². The molecule has 3 nitrogen and oxygen atoms in total. The van der Waals surface area contributed by atoms with Crippen LogP contribution >= 0.6 is 23.2 Å². The molecule has 0 aliphatic rings. The minimum Gasteiger partial charge on any atom is -0.491 e. The second kappa shape index (κ2) is 8.95. The number of rotatable bonds is 7. The van der Waals surface area contributed by atoms with Gasteiger partial charge in [0.15, 0.2) is 0 Å². The van der Waals surface area contributed by atoms with Crippen LogP contribution in [-0.2, 0) is 11.2 Å². The van der Waals surface area contributed by atoms with E-state index in [2.05, 4.69) is 5.32 Å². The Morgan fingerprint density at radius 3 is 2.54 bits per heavy atom. The maximum Gasteiger partial charge on any atom is 0.220 e. The molecule has 0 aromatic heterocycles. The first-order valence-electron chi connectivity index (χ1n) is 7.87. The summed E-state index contributed by atoms with van der Waals surface area (Å²) in [6.45, 7) is 4.92. The van der Waals surface area contributed by atoms with E-state index in [-0.39, 0.29) is 5.91 Å². The van der Waals surface area contributed by atoms with Gasteiger partial charge >= 0.3 is 0 Å². The number of ether oxygens (including phenoxy) is 1. The lowest BCUT2D eigenvalue weighted by molar-refractivity contribution is -0.121. The highest BCUT2D eigenvalue weighted by Crippen LogP contribution is 2.25. The molecule has 0 spiro atoms. The first-order valence-corrected chi connectivity index (χ1v) is 8.62. The predicted molar refractivity (Wildman–Crippen MR) is 99.2 cm³/mol. The molecule has 0 aliphatic heterocycles. The molecular weight excluding hydrogens is 345 g/mol. The van der Waals surface area contributed by atoms with Crippen molar-refractivity contribution in [2.75, 3.05) is 13.2 Å². The SMILES string of the molecule is Cc1ccc(C)c(OCCNC(=O)CCc2c(Cl)cccc2Cl)c1. The number of aryl methyl sites for hydroxylation is 2. The van der Waals surface area contributed by atoms with E-state index in [1.54, 1.807) is 18.2 Å². The molecular formula is C19H21Cl2NO2. The Labute approximate surface area is 152 Å². The van der Waals surface area contributed by atoms with E-state index < -0.39 is 0 Å². The van der Waals surface area contributed by atoms with Crippen LogP contribution in [0.15, 0.2) is 36.4 Å². The van der Waals surface area contributed by atoms with Crippen LogP contribution in [-0.4, -0.2) is 19.1 Å². The molecule has 5 heteroatoms. The Kier molecular flexibility index (Phi) is 6.95. The van der Waals surface area contributed by atoms with Crippen molar-refractivity contribution in [3.05, 3.63) is 63.1 Å². The minimum absolute atomic E-state index is 0.0458. The van der Waals surface area contributed by atoms with Gasteiger partial charge < -0.3 is 10.1 Å². The van der Waals surface area contributed by atoms with Gasteiger partial charge in [-0.25, -0.2) is 0 Å². The highest BCUT2D eigenvalue weighted by molar-refractivity contribution is 6.36. The van der Waals surface area contributed by atoms with Crippen molar-refractivity contribution >= 4 is 29.1 Å². The van der Waals surface area contributed by atoms with Crippen molar-refractivity contribution in [2.45, 2.75) is 26.7 Å². The summed E-state index contributed by atoms with van der Waals surface area (Å²) in [5, 5.41) is 4.03. The molecule has 2 rings (SSSR count). The fourth-order valence-electron chi connectivity index (χ4n) is 2.31. The van der Waals surface area contributed by atoms with Gasteiger partial charge in [0.25, 0.3) is 0 Å². The zero-order valence-corrected chi connectivity index (χ0v) is 15.4. The van der Waals surface area contributed by atoms with Crippen LogP contribution in [0, 0.1) is 13.8 Å². The first kappa shape index (κ1) is 18.6. The third-order valence-corrected chi connectivity index (χ3v) is 4.40. The highest BCUT2D eigenvalue weighted by Gasteiger charge is 2.08. The van der Waals surface area contributed by atoms with Gasteiger partial charge in [0.2, 0.25) is 5.91 Å². The maximum absolute atomic E-state index is 11.9. The summed E-state index contributed by atoms with van der Waals surface area (Å²) in [6, 6.07) is 11.4. The normalized spacial score (nSPS) is 10.5. The molecule has 128 valence electrons. The number of amides is 1. The molecule has 0 saturated heterocycles. The molecule has 0 atom stereocenters. The number of carbonyl (C=O) groups excluding carboxylic acids is 1. The lowest BCUT2D eigenvalue weighted by atomic mass is 10.1. The van der Waals surface area contributed by atoms with Crippen LogP contribution in [0.5, 0.6) is 5.75 Å². The molecule has 24 heavy (non-hydrogen) atoms. The largest absolute Gasteiger partial charge is 0.491 e. The zero-order valence-electron chi connectivity index (χ0n) is 13.9. The van der Waals surface area contributed by atoms with Crippen molar-refractivity contribution < 1.29 is 9.53 Å². The zero-order chi connectivity index (χ0) is 17.5. The van der Waals surface area contributed by atoms with Crippen LogP contribution in [0.4, 0.5) is 0 Å². The molecule has 0 aliphatic carbocycles. The third kappa shape index (κ3) is 5.43. The van der Waals surface area contributed by atoms with Gasteiger partial charge in [-0.05, 0) is 55.2 Å². The van der Waals surface area contributed by atoms with Crippen LogP contribution in [0.3, 0.4) is 0 Å². The molecule has 0 saturated carbocycles. The Hall–Kier alpha value is -1.71. The third-order valence-electron chi connectivity index (χ3n) is 3.69. The molecule has 0 unspecified atom stereocenters. The van der Waals surface area contributed by atoms with E-state index in [9.17, 15) is 4.79 Å². The van der Waals surface area contributed by atoms with Crippen LogP contribution in [0.25, 0.3) is 0 Å². The summed E-state index contributed by atoms with van der Waals surface area (Å²) in [7, 11) is 0. The number of nitrogens with one attached hydrogen (secondary N) is 1. The standard InChI is InChI=1S/C19H21Cl2NO2/c1-13-6-7-14(2)18(12-13)24-11-10-22-19(23)9-8-15-16(20)4-3-5-17(15)21/h3-7,12H,8-11H2,1-2H3,(H,22,23). The predicted octanol–water partition coefficient (Wildman–Crippen LogP) is 4.74. The van der Waals surface area contributed by atoms with Gasteiger partial charge in [0.1, 0.15) is 12.4 Å². The van der Waals surface area contributed by atoms with Crippen molar-refractivity contribution in [2.24, 2.45) is 0 Å². The van der Waals surface area contributed by atoms with E-state index in [0.717, 1.165) is 22.4 Å². The molecule has 1 N–H and O–H groups in total. The summed E-state index contributed by atoms with van der Waals surface area (Å²) in [5.41, 5.74) is 3.04. The number of hydrogen-bond donors (Lipinski definition) is 1. The Morgan fingerprint density at radius 1 is 1.12 bits per heavy atom. The second-order valence-electron chi connectivity index (χ2n) is 5.67. The van der Waals surface area contributed by atoms with Crippen molar-refractivity contribution in [3.8, 4) is 5.75 Å². The molecule has 0 fully saturated rings. The second-order valence-corrected chi connectivity index (χ2v) is 6.48. The fourth-order valence-corrected chi connectivity index (χ4v) is 2.90. The topological polar surface area (TPSA) is 38.3 Å². The molecule has 0 radical (unpaired) electrons. The minimum atomic E-state index is -0.0458. The van der Waals surface area contributed by atoms with Gasteiger partial charge in [-0.1, -0.05) is 41.4 Å². The van der Waals surface area contributed by atoms with E-state index >= 15 is 0 Å². The molecule has 2 aromatic rings. The van der Waals surface area contributed by atoms with Gasteiger partial charge in [0.05, 0.1) is 6.54 Å². The number of halogens is 2. The lowest BCUT2D eigenvalue weighted by Gasteiger charge is -2.11. The monoisotopic (exact) mass is 365 g/mol. The van der Waals surface area contributed by atoms with Gasteiger partial charge in [-0.3, -0.25) is 4.79 Å². The number of hydrogen-bond acceptors (Lipinski definition) is 2. The summed E-state index contributed by atoms with van der Waals surface area (Å²) < 4.78 is 5.71. The van der Waals surface area contributed by atoms with Gasteiger partial charge in [0, 0.05) is 16.5 Å². The Morgan fingerprint density at radius 2 is 1.83 bits per heavy atom. The van der Waals surface area contributed by atoms with E-state index in [4.69, 9.17) is 27.9 Å². The summed E-state index contributed by atoms with van der Waals surface area (Å²) >= 11 is 12.2. The average Bonchev–Trinajstić information content (AvgIpc) is 2.54. The highest BCUT2D eigenvalue weighted by atomic mass is 35.5. The Bertz CT molecular complexity index is 696. The van der Waals surface area contributed by atoms with E-state index in [0.29, 0.717) is 36.0 Å². The average molecular weight is 366 g/mol. The van der Waals surface area contributed by atoms with Crippen molar-refractivity contribution in [1.29, 1.82) is 0 Å². The quantitative estimate of drug-likeness (QED) is 0.719. The van der Waals surface area contributed by atoms with Gasteiger partial charge in [-0.2, -0.15) is 0 Å². The molecule has 0 bridgehead atoms. The smallest absolute Gasteiger partial charge is 0.220 e. The van der Waals surface area contributed by atoms with Gasteiger partial charge in [-0.15, -0.1) is 0 Å². The maximum atomic E-state index is 11.9. The molecule has 2 aromatic carbocycles. The fraction of sp³-hybridized carbons (Fsp3) is 0.316. The van der Waals surface area contributed by atoms with Crippen molar-refractivity contribution in [1.82, 2.24) is 5.32 Å². The summed E-state index contributed by atoms with van der Waals surface area (Å²) in [5.74, 6) is 0.808. The number of carbonyl (C=O) groups is 1. The lowest BCUT2D eigenvalue weighted by Crippen LogP contribution is -2.28. The van der Waals surface area contributed by atoms with Crippen LogP contribution in [0.1, 0.15) is 23.1 Å². The van der Waals surface area contributed by atoms with Crippen LogP contribution < -0.4 is 10.1 Å². The summed E-state index contributed by atoms with van der Waals surface area (Å²) in [6.07, 6.45) is 0.856. The van der Waals surface area contributed by atoms with Crippen LogP contribution in [0.2, 0.25) is 10.0 Å². The van der Waals surface area contributed by atoms with E-state index in [1.165, 1.54) is 0 Å². The first-order chi connectivity index (χ1) is 11.5. The molecule has 0 heterocycles. The molecule has 1 amide bonds. The number of benzene rings is 2. The summed E-state index contributed by atoms with van der Waals surface area (Å²) in [4.78, 5) is 11.9. The Balaban J connectivity index is 1.73.